The number of nitrogens with one attached hydrogen (secondary N) is 1. The minimum Gasteiger partial charge on any atom is -0.370 e. The summed E-state index contributed by atoms with van der Waals surface area (Å²) in [6, 6.07) is 0.603. The number of anilines is 1. The number of fused-ring (bicyclic) bond motifs is 1. The fourth-order valence-electron chi connectivity index (χ4n) is 3.06. The first-order valence-corrected chi connectivity index (χ1v) is 8.02. The SMILES string of the molecule is CCCNc1nc(-c2cncn2C2CC2)nc2c1CCC2. The zero-order chi connectivity index (χ0) is 14.2. The first-order chi connectivity index (χ1) is 10.4. The molecule has 2 aromatic heterocycles. The number of aryl methyl sites for hydroxylation is 1. The van der Waals surface area contributed by atoms with Crippen LogP contribution in [0.1, 0.15) is 49.9 Å². The Morgan fingerprint density at radius 2 is 2.19 bits per heavy atom. The molecule has 0 saturated heterocycles. The maximum absolute atomic E-state index is 4.82. The van der Waals surface area contributed by atoms with Gasteiger partial charge in [-0.2, -0.15) is 0 Å². The van der Waals surface area contributed by atoms with Crippen LogP contribution < -0.4 is 5.32 Å². The van der Waals surface area contributed by atoms with Crippen LogP contribution in [0.5, 0.6) is 0 Å². The summed E-state index contributed by atoms with van der Waals surface area (Å²) in [7, 11) is 0. The predicted molar refractivity (Wildman–Crippen MR) is 82.3 cm³/mol. The van der Waals surface area contributed by atoms with Gasteiger partial charge in [0, 0.05) is 23.8 Å². The minimum atomic E-state index is 0.603. The Hall–Kier alpha value is -1.91. The lowest BCUT2D eigenvalue weighted by molar-refractivity contribution is 0.742. The Kier molecular flexibility index (Phi) is 3.13. The lowest BCUT2D eigenvalue weighted by Crippen LogP contribution is -2.09. The summed E-state index contributed by atoms with van der Waals surface area (Å²) in [5.41, 5.74) is 3.61. The van der Waals surface area contributed by atoms with Crippen molar-refractivity contribution >= 4 is 5.82 Å². The Morgan fingerprint density at radius 3 is 3.00 bits per heavy atom. The van der Waals surface area contributed by atoms with Crippen LogP contribution >= 0.6 is 0 Å². The van der Waals surface area contributed by atoms with E-state index >= 15 is 0 Å². The van der Waals surface area contributed by atoms with Gasteiger partial charge in [0.2, 0.25) is 0 Å². The average molecular weight is 283 g/mol. The molecule has 0 aromatic carbocycles. The van der Waals surface area contributed by atoms with Crippen molar-refractivity contribution in [1.82, 2.24) is 19.5 Å². The fraction of sp³-hybridized carbons (Fsp3) is 0.562. The number of hydrogen-bond acceptors (Lipinski definition) is 4. The second kappa shape index (κ2) is 5.13. The van der Waals surface area contributed by atoms with Crippen molar-refractivity contribution < 1.29 is 0 Å². The highest BCUT2D eigenvalue weighted by Gasteiger charge is 2.27. The number of aromatic nitrogens is 4. The minimum absolute atomic E-state index is 0.603. The Balaban J connectivity index is 1.76. The maximum atomic E-state index is 4.82. The van der Waals surface area contributed by atoms with Crippen molar-refractivity contribution in [2.45, 2.75) is 51.5 Å². The smallest absolute Gasteiger partial charge is 0.180 e. The summed E-state index contributed by atoms with van der Waals surface area (Å²) < 4.78 is 2.24. The topological polar surface area (TPSA) is 55.6 Å². The van der Waals surface area contributed by atoms with Crippen LogP contribution in [0, 0.1) is 0 Å². The van der Waals surface area contributed by atoms with E-state index < -0.39 is 0 Å². The molecule has 2 heterocycles. The lowest BCUT2D eigenvalue weighted by Gasteiger charge is -2.12. The molecule has 0 amide bonds. The summed E-state index contributed by atoms with van der Waals surface area (Å²) >= 11 is 0. The van der Waals surface area contributed by atoms with Crippen molar-refractivity contribution in [3.05, 3.63) is 23.8 Å². The summed E-state index contributed by atoms with van der Waals surface area (Å²) in [5.74, 6) is 1.87. The molecule has 4 rings (SSSR count). The molecule has 0 atom stereocenters. The molecule has 110 valence electrons. The molecule has 0 spiro atoms. The zero-order valence-corrected chi connectivity index (χ0v) is 12.5. The zero-order valence-electron chi connectivity index (χ0n) is 12.5. The van der Waals surface area contributed by atoms with E-state index in [2.05, 4.69) is 21.8 Å². The van der Waals surface area contributed by atoms with E-state index in [1.165, 1.54) is 30.5 Å². The summed E-state index contributed by atoms with van der Waals surface area (Å²) in [6.45, 7) is 3.14. The fourth-order valence-corrected chi connectivity index (χ4v) is 3.06. The second-order valence-electron chi connectivity index (χ2n) is 6.02. The standard InChI is InChI=1S/C16H21N5/c1-2-8-18-15-12-4-3-5-13(12)19-16(20-15)14-9-17-10-21(14)11-6-7-11/h9-11H,2-8H2,1H3,(H,18,19,20). The molecule has 2 aliphatic rings. The van der Waals surface area contributed by atoms with E-state index in [1.54, 1.807) is 0 Å². The molecule has 21 heavy (non-hydrogen) atoms. The van der Waals surface area contributed by atoms with Gasteiger partial charge >= 0.3 is 0 Å². The Labute approximate surface area is 124 Å². The molecule has 1 fully saturated rings. The van der Waals surface area contributed by atoms with Crippen LogP contribution in [0.4, 0.5) is 5.82 Å². The molecule has 5 nitrogen and oxygen atoms in total. The van der Waals surface area contributed by atoms with Gasteiger partial charge < -0.3 is 9.88 Å². The van der Waals surface area contributed by atoms with Crippen molar-refractivity contribution in [1.29, 1.82) is 0 Å². The highest BCUT2D eigenvalue weighted by molar-refractivity contribution is 5.58. The molecule has 1 saturated carbocycles. The third-order valence-electron chi connectivity index (χ3n) is 4.31. The van der Waals surface area contributed by atoms with E-state index in [-0.39, 0.29) is 0 Å². The van der Waals surface area contributed by atoms with E-state index in [4.69, 9.17) is 9.97 Å². The van der Waals surface area contributed by atoms with Gasteiger partial charge in [-0.15, -0.1) is 0 Å². The summed E-state index contributed by atoms with van der Waals surface area (Å²) in [5, 5.41) is 3.48. The first kappa shape index (κ1) is 12.8. The Bertz CT molecular complexity index is 657. The molecule has 0 radical (unpaired) electrons. The van der Waals surface area contributed by atoms with Gasteiger partial charge in [-0.3, -0.25) is 0 Å². The van der Waals surface area contributed by atoms with Gasteiger partial charge in [-0.05, 0) is 38.5 Å². The van der Waals surface area contributed by atoms with Crippen molar-refractivity contribution in [2.75, 3.05) is 11.9 Å². The summed E-state index contributed by atoms with van der Waals surface area (Å²) in [4.78, 5) is 13.9. The second-order valence-corrected chi connectivity index (χ2v) is 6.02. The number of hydrogen-bond donors (Lipinski definition) is 1. The van der Waals surface area contributed by atoms with Gasteiger partial charge in [0.25, 0.3) is 0 Å². The van der Waals surface area contributed by atoms with E-state index in [9.17, 15) is 0 Å². The third kappa shape index (κ3) is 2.30. The number of nitrogens with zero attached hydrogens (tertiary/aromatic N) is 4. The highest BCUT2D eigenvalue weighted by atomic mass is 15.1. The average Bonchev–Trinajstić information content (AvgIpc) is 3.03. The normalized spacial score (nSPS) is 17.0. The van der Waals surface area contributed by atoms with E-state index in [0.29, 0.717) is 6.04 Å². The molecule has 1 N–H and O–H groups in total. The molecule has 2 aliphatic carbocycles. The number of imidazole rings is 1. The van der Waals surface area contributed by atoms with Crippen LogP contribution in [-0.4, -0.2) is 26.1 Å². The van der Waals surface area contributed by atoms with Crippen LogP contribution in [0.2, 0.25) is 0 Å². The quantitative estimate of drug-likeness (QED) is 0.916. The monoisotopic (exact) mass is 283 g/mol. The van der Waals surface area contributed by atoms with Crippen molar-refractivity contribution in [2.24, 2.45) is 0 Å². The molecule has 0 aliphatic heterocycles. The van der Waals surface area contributed by atoms with Gasteiger partial charge in [-0.1, -0.05) is 6.92 Å². The van der Waals surface area contributed by atoms with Gasteiger partial charge in [0.05, 0.1) is 12.5 Å². The molecule has 5 heteroatoms. The van der Waals surface area contributed by atoms with Gasteiger partial charge in [0.1, 0.15) is 11.5 Å². The summed E-state index contributed by atoms with van der Waals surface area (Å²) in [6.07, 6.45) is 10.8. The number of rotatable bonds is 5. The largest absolute Gasteiger partial charge is 0.370 e. The molecule has 2 aromatic rings. The van der Waals surface area contributed by atoms with Crippen molar-refractivity contribution in [3.8, 4) is 11.5 Å². The Morgan fingerprint density at radius 1 is 1.29 bits per heavy atom. The molecular formula is C16H21N5. The van der Waals surface area contributed by atoms with Crippen LogP contribution in [0.25, 0.3) is 11.5 Å². The predicted octanol–water partition coefficient (Wildman–Crippen LogP) is 2.99. The molecular weight excluding hydrogens is 262 g/mol. The molecule has 0 bridgehead atoms. The maximum Gasteiger partial charge on any atom is 0.180 e. The van der Waals surface area contributed by atoms with Gasteiger partial charge in [-0.25, -0.2) is 15.0 Å². The molecule has 0 unspecified atom stereocenters. The van der Waals surface area contributed by atoms with Gasteiger partial charge in [0.15, 0.2) is 5.82 Å². The van der Waals surface area contributed by atoms with Crippen LogP contribution in [0.15, 0.2) is 12.5 Å². The highest BCUT2D eigenvalue weighted by Crippen LogP contribution is 2.38. The van der Waals surface area contributed by atoms with Crippen molar-refractivity contribution in [3.63, 3.8) is 0 Å². The van der Waals surface area contributed by atoms with E-state index in [0.717, 1.165) is 43.1 Å². The van der Waals surface area contributed by atoms with Crippen LogP contribution in [0.3, 0.4) is 0 Å². The lowest BCUT2D eigenvalue weighted by atomic mass is 10.2. The van der Waals surface area contributed by atoms with E-state index in [1.807, 2.05) is 12.5 Å². The third-order valence-corrected chi connectivity index (χ3v) is 4.31. The first-order valence-electron chi connectivity index (χ1n) is 8.02. The van der Waals surface area contributed by atoms with Crippen LogP contribution in [-0.2, 0) is 12.8 Å².